The number of amidine groups is 1. The van der Waals surface area contributed by atoms with Gasteiger partial charge in [-0.2, -0.15) is 0 Å². The van der Waals surface area contributed by atoms with Gasteiger partial charge in [0.1, 0.15) is 5.84 Å². The maximum absolute atomic E-state index is 5.35. The SMILES string of the molecule is CN=C(Cc1ccc2cc(OC)c(OC)cc2c1)NC. The summed E-state index contributed by atoms with van der Waals surface area (Å²) in [7, 11) is 6.98. The van der Waals surface area contributed by atoms with Crippen LogP contribution in [-0.2, 0) is 6.42 Å². The molecule has 0 amide bonds. The fourth-order valence-electron chi connectivity index (χ4n) is 2.21. The summed E-state index contributed by atoms with van der Waals surface area (Å²) in [5.74, 6) is 2.46. The summed E-state index contributed by atoms with van der Waals surface area (Å²) in [6.07, 6.45) is 0.789. The molecule has 4 heteroatoms. The van der Waals surface area contributed by atoms with E-state index in [4.69, 9.17) is 9.47 Å². The molecule has 20 heavy (non-hydrogen) atoms. The van der Waals surface area contributed by atoms with Crippen molar-refractivity contribution in [2.75, 3.05) is 28.3 Å². The van der Waals surface area contributed by atoms with Crippen LogP contribution in [0.5, 0.6) is 11.5 Å². The van der Waals surface area contributed by atoms with Crippen LogP contribution in [-0.4, -0.2) is 34.2 Å². The molecule has 2 aromatic rings. The molecule has 0 aliphatic heterocycles. The largest absolute Gasteiger partial charge is 0.493 e. The molecule has 0 atom stereocenters. The van der Waals surface area contributed by atoms with Gasteiger partial charge in [-0.3, -0.25) is 4.99 Å². The number of fused-ring (bicyclic) bond motifs is 1. The molecule has 0 saturated carbocycles. The minimum atomic E-state index is 0.746. The van der Waals surface area contributed by atoms with Gasteiger partial charge in [-0.1, -0.05) is 18.2 Å². The first-order valence-electron chi connectivity index (χ1n) is 6.50. The van der Waals surface area contributed by atoms with Gasteiger partial charge >= 0.3 is 0 Å². The van der Waals surface area contributed by atoms with Crippen LogP contribution in [0.1, 0.15) is 5.56 Å². The monoisotopic (exact) mass is 272 g/mol. The molecule has 0 heterocycles. The minimum absolute atomic E-state index is 0.746. The Morgan fingerprint density at radius 2 is 1.70 bits per heavy atom. The van der Waals surface area contributed by atoms with Crippen LogP contribution in [0.3, 0.4) is 0 Å². The van der Waals surface area contributed by atoms with E-state index in [0.29, 0.717) is 0 Å². The molecule has 0 spiro atoms. The number of ether oxygens (including phenoxy) is 2. The summed E-state index contributed by atoms with van der Waals surface area (Å²) >= 11 is 0. The minimum Gasteiger partial charge on any atom is -0.493 e. The number of nitrogens with one attached hydrogen (secondary N) is 1. The van der Waals surface area contributed by atoms with Gasteiger partial charge in [0.25, 0.3) is 0 Å². The van der Waals surface area contributed by atoms with Crippen LogP contribution in [0.4, 0.5) is 0 Å². The number of methoxy groups -OCH3 is 2. The fraction of sp³-hybridized carbons (Fsp3) is 0.312. The molecule has 0 saturated heterocycles. The van der Waals surface area contributed by atoms with Crippen LogP contribution < -0.4 is 14.8 Å². The summed E-state index contributed by atoms with van der Waals surface area (Å²) in [6, 6.07) is 10.3. The molecule has 4 nitrogen and oxygen atoms in total. The number of hydrogen-bond donors (Lipinski definition) is 1. The average molecular weight is 272 g/mol. The predicted molar refractivity (Wildman–Crippen MR) is 83.2 cm³/mol. The summed E-state index contributed by atoms with van der Waals surface area (Å²) < 4.78 is 10.7. The molecule has 0 aromatic heterocycles. The summed E-state index contributed by atoms with van der Waals surface area (Å²) in [4.78, 5) is 4.20. The topological polar surface area (TPSA) is 42.9 Å². The Hall–Kier alpha value is -2.23. The third-order valence-electron chi connectivity index (χ3n) is 3.34. The highest BCUT2D eigenvalue weighted by Gasteiger charge is 2.07. The van der Waals surface area contributed by atoms with Crippen molar-refractivity contribution in [2.24, 2.45) is 4.99 Å². The van der Waals surface area contributed by atoms with Crippen LogP contribution in [0.2, 0.25) is 0 Å². The van der Waals surface area contributed by atoms with E-state index in [2.05, 4.69) is 28.5 Å². The number of aliphatic imine (C=N–C) groups is 1. The first kappa shape index (κ1) is 14.2. The Kier molecular flexibility index (Phi) is 4.45. The lowest BCUT2D eigenvalue weighted by molar-refractivity contribution is 0.356. The molecule has 0 fully saturated rings. The first-order chi connectivity index (χ1) is 9.71. The number of hydrogen-bond acceptors (Lipinski definition) is 3. The van der Waals surface area contributed by atoms with Crippen LogP contribution >= 0.6 is 0 Å². The lowest BCUT2D eigenvalue weighted by Crippen LogP contribution is -2.20. The molecule has 0 aliphatic carbocycles. The van der Waals surface area contributed by atoms with Gasteiger partial charge in [0.2, 0.25) is 0 Å². The Morgan fingerprint density at radius 1 is 1.05 bits per heavy atom. The van der Waals surface area contributed by atoms with Gasteiger partial charge in [-0.25, -0.2) is 0 Å². The standard InChI is InChI=1S/C16H20N2O2/c1-17-16(18-2)8-11-5-6-12-9-14(19-3)15(20-4)10-13(12)7-11/h5-7,9-10H,8H2,1-4H3,(H,17,18). The zero-order chi connectivity index (χ0) is 14.5. The lowest BCUT2D eigenvalue weighted by atomic mass is 10.0. The van der Waals surface area contributed by atoms with Crippen molar-refractivity contribution in [3.63, 3.8) is 0 Å². The summed E-state index contributed by atoms with van der Waals surface area (Å²) in [6.45, 7) is 0. The van der Waals surface area contributed by atoms with Crippen molar-refractivity contribution >= 4 is 16.6 Å². The Morgan fingerprint density at radius 3 is 2.25 bits per heavy atom. The van der Waals surface area contributed by atoms with Gasteiger partial charge in [0.05, 0.1) is 14.2 Å². The van der Waals surface area contributed by atoms with Gasteiger partial charge in [-0.05, 0) is 28.5 Å². The Labute approximate surface area is 119 Å². The maximum Gasteiger partial charge on any atom is 0.161 e. The van der Waals surface area contributed by atoms with Crippen molar-refractivity contribution in [3.8, 4) is 11.5 Å². The highest BCUT2D eigenvalue weighted by molar-refractivity contribution is 5.89. The van der Waals surface area contributed by atoms with Gasteiger partial charge in [0, 0.05) is 20.5 Å². The van der Waals surface area contributed by atoms with Crippen molar-refractivity contribution in [3.05, 3.63) is 35.9 Å². The molecule has 0 unspecified atom stereocenters. The van der Waals surface area contributed by atoms with Gasteiger partial charge in [-0.15, -0.1) is 0 Å². The second kappa shape index (κ2) is 6.28. The molecule has 1 N–H and O–H groups in total. The summed E-state index contributed by atoms with van der Waals surface area (Å²) in [5.41, 5.74) is 1.21. The molecular formula is C16H20N2O2. The van der Waals surface area contributed by atoms with Gasteiger partial charge in [0.15, 0.2) is 11.5 Å². The number of rotatable bonds is 4. The van der Waals surface area contributed by atoms with E-state index in [1.807, 2.05) is 19.2 Å². The molecule has 0 aliphatic rings. The fourth-order valence-corrected chi connectivity index (χ4v) is 2.21. The van der Waals surface area contributed by atoms with Crippen molar-refractivity contribution in [2.45, 2.75) is 6.42 Å². The van der Waals surface area contributed by atoms with E-state index in [1.165, 1.54) is 5.56 Å². The van der Waals surface area contributed by atoms with E-state index < -0.39 is 0 Å². The highest BCUT2D eigenvalue weighted by Crippen LogP contribution is 2.32. The van der Waals surface area contributed by atoms with Crippen molar-refractivity contribution in [1.82, 2.24) is 5.32 Å². The summed E-state index contributed by atoms with van der Waals surface area (Å²) in [5, 5.41) is 5.36. The van der Waals surface area contributed by atoms with Crippen molar-refractivity contribution in [1.29, 1.82) is 0 Å². The molecular weight excluding hydrogens is 252 g/mol. The quantitative estimate of drug-likeness (QED) is 0.687. The third-order valence-corrected chi connectivity index (χ3v) is 3.34. The zero-order valence-electron chi connectivity index (χ0n) is 12.4. The first-order valence-corrected chi connectivity index (χ1v) is 6.50. The highest BCUT2D eigenvalue weighted by atomic mass is 16.5. The van der Waals surface area contributed by atoms with E-state index >= 15 is 0 Å². The maximum atomic E-state index is 5.35. The molecule has 106 valence electrons. The molecule has 0 bridgehead atoms. The Bertz CT molecular complexity index is 636. The van der Waals surface area contributed by atoms with Gasteiger partial charge < -0.3 is 14.8 Å². The van der Waals surface area contributed by atoms with E-state index in [1.54, 1.807) is 21.3 Å². The normalized spacial score (nSPS) is 11.5. The van der Waals surface area contributed by atoms with Crippen molar-refractivity contribution < 1.29 is 9.47 Å². The second-order valence-electron chi connectivity index (χ2n) is 4.49. The van der Waals surface area contributed by atoms with Crippen LogP contribution in [0.25, 0.3) is 10.8 Å². The predicted octanol–water partition coefficient (Wildman–Crippen LogP) is 2.65. The molecule has 0 radical (unpaired) electrons. The van der Waals surface area contributed by atoms with Crippen LogP contribution in [0, 0.1) is 0 Å². The number of likely N-dealkylation sites (N-methyl/N-ethyl adjacent to an activating group) is 1. The van der Waals surface area contributed by atoms with Crippen LogP contribution in [0.15, 0.2) is 35.3 Å². The zero-order valence-corrected chi connectivity index (χ0v) is 12.4. The Balaban J connectivity index is 2.43. The smallest absolute Gasteiger partial charge is 0.161 e. The number of benzene rings is 2. The molecule has 2 aromatic carbocycles. The molecule has 2 rings (SSSR count). The third kappa shape index (κ3) is 2.85. The van der Waals surface area contributed by atoms with E-state index in [0.717, 1.165) is 34.5 Å². The second-order valence-corrected chi connectivity index (χ2v) is 4.49. The number of nitrogens with zero attached hydrogens (tertiary/aromatic N) is 1. The van der Waals surface area contributed by atoms with E-state index in [9.17, 15) is 0 Å². The average Bonchev–Trinajstić information content (AvgIpc) is 2.50. The lowest BCUT2D eigenvalue weighted by Gasteiger charge is -2.11. The van der Waals surface area contributed by atoms with E-state index in [-0.39, 0.29) is 0 Å².